The molecule has 7 nitrogen and oxygen atoms in total. The minimum Gasteiger partial charge on any atom is -0.355 e. The summed E-state index contributed by atoms with van der Waals surface area (Å²) in [6.07, 6.45) is 1.64. The maximum absolute atomic E-state index is 13.7. The summed E-state index contributed by atoms with van der Waals surface area (Å²) in [5, 5.41) is 2.86. The molecule has 0 saturated heterocycles. The third-order valence-electron chi connectivity index (χ3n) is 6.16. The number of hydrogen-bond acceptors (Lipinski definition) is 4. The molecule has 1 atom stereocenters. The number of benzene rings is 3. The molecule has 0 bridgehead atoms. The molecule has 0 aliphatic rings. The summed E-state index contributed by atoms with van der Waals surface area (Å²) in [6, 6.07) is 21.5. The third-order valence-corrected chi connectivity index (χ3v) is 7.88. The summed E-state index contributed by atoms with van der Waals surface area (Å²) in [6.45, 7) is 2.50. The summed E-state index contributed by atoms with van der Waals surface area (Å²) in [7, 11) is -3.66. The lowest BCUT2D eigenvalue weighted by Gasteiger charge is -2.32. The van der Waals surface area contributed by atoms with Gasteiger partial charge in [0.1, 0.15) is 11.9 Å². The van der Waals surface area contributed by atoms with Crippen molar-refractivity contribution in [3.05, 3.63) is 100 Å². The molecule has 3 aromatic carbocycles. The Labute approximate surface area is 238 Å². The standard InChI is InChI=1S/C29H33BrFN3O4S/c1-3-32-29(36)27(20-22-8-5-4-6-9-22)33(21-23-11-13-24(30)14-12-23)28(35)10-7-19-34(39(2,37)38)26-17-15-25(31)16-18-26/h4-6,8-9,11-18,27H,3,7,10,19-21H2,1-2H3,(H,32,36)/t27-/m0/s1. The van der Waals surface area contributed by atoms with E-state index in [1.807, 2.05) is 61.5 Å². The summed E-state index contributed by atoms with van der Waals surface area (Å²) < 4.78 is 40.3. The van der Waals surface area contributed by atoms with Crippen LogP contribution < -0.4 is 9.62 Å². The number of rotatable bonds is 13. The van der Waals surface area contributed by atoms with Crippen molar-refractivity contribution in [1.29, 1.82) is 0 Å². The van der Waals surface area contributed by atoms with Gasteiger partial charge in [-0.1, -0.05) is 58.4 Å². The Bertz CT molecular complexity index is 1340. The molecule has 0 radical (unpaired) electrons. The molecule has 0 aromatic heterocycles. The van der Waals surface area contributed by atoms with Gasteiger partial charge in [0.05, 0.1) is 11.9 Å². The number of sulfonamides is 1. The Morgan fingerprint density at radius 3 is 2.18 bits per heavy atom. The van der Waals surface area contributed by atoms with Gasteiger partial charge in [-0.05, 0) is 60.9 Å². The maximum atomic E-state index is 13.7. The average molecular weight is 619 g/mol. The predicted octanol–water partition coefficient (Wildman–Crippen LogP) is 4.91. The fourth-order valence-corrected chi connectivity index (χ4v) is 5.47. The number of halogens is 2. The average Bonchev–Trinajstić information content (AvgIpc) is 2.90. The first-order valence-electron chi connectivity index (χ1n) is 12.7. The SMILES string of the molecule is CCNC(=O)[C@H](Cc1ccccc1)N(Cc1ccc(Br)cc1)C(=O)CCCN(c1ccc(F)cc1)S(C)(=O)=O. The monoisotopic (exact) mass is 617 g/mol. The zero-order chi connectivity index (χ0) is 28.4. The normalized spacial score (nSPS) is 12.0. The molecule has 39 heavy (non-hydrogen) atoms. The summed E-state index contributed by atoms with van der Waals surface area (Å²) in [5.41, 5.74) is 2.10. The van der Waals surface area contributed by atoms with Crippen molar-refractivity contribution in [2.24, 2.45) is 0 Å². The van der Waals surface area contributed by atoms with Crippen LogP contribution in [0.3, 0.4) is 0 Å². The van der Waals surface area contributed by atoms with E-state index in [1.54, 1.807) is 4.90 Å². The van der Waals surface area contributed by atoms with Crippen molar-refractivity contribution in [3.8, 4) is 0 Å². The quantitative estimate of drug-likeness (QED) is 0.295. The molecule has 3 rings (SSSR count). The van der Waals surface area contributed by atoms with Crippen LogP contribution in [0.2, 0.25) is 0 Å². The van der Waals surface area contributed by atoms with Crippen LogP contribution in [0.5, 0.6) is 0 Å². The largest absolute Gasteiger partial charge is 0.355 e. The Morgan fingerprint density at radius 1 is 0.949 bits per heavy atom. The second-order valence-electron chi connectivity index (χ2n) is 9.16. The fraction of sp³-hybridized carbons (Fsp3) is 0.310. The van der Waals surface area contributed by atoms with Gasteiger partial charge in [-0.3, -0.25) is 13.9 Å². The van der Waals surface area contributed by atoms with Crippen LogP contribution in [-0.4, -0.2) is 50.5 Å². The number of nitrogens with one attached hydrogen (secondary N) is 1. The van der Waals surface area contributed by atoms with Gasteiger partial charge >= 0.3 is 0 Å². The van der Waals surface area contributed by atoms with E-state index in [4.69, 9.17) is 0 Å². The van der Waals surface area contributed by atoms with Crippen LogP contribution in [0.25, 0.3) is 0 Å². The van der Waals surface area contributed by atoms with E-state index in [-0.39, 0.29) is 37.7 Å². The first-order valence-corrected chi connectivity index (χ1v) is 15.3. The summed E-state index contributed by atoms with van der Waals surface area (Å²) in [4.78, 5) is 28.5. The zero-order valence-electron chi connectivity index (χ0n) is 22.0. The van der Waals surface area contributed by atoms with Crippen molar-refractivity contribution in [3.63, 3.8) is 0 Å². The maximum Gasteiger partial charge on any atom is 0.243 e. The van der Waals surface area contributed by atoms with Crippen LogP contribution in [0, 0.1) is 5.82 Å². The number of carbonyl (C=O) groups is 2. The lowest BCUT2D eigenvalue weighted by molar-refractivity contribution is -0.141. The number of likely N-dealkylation sites (N-methyl/N-ethyl adjacent to an activating group) is 1. The Balaban J connectivity index is 1.85. The molecular formula is C29H33BrFN3O4S. The number of anilines is 1. The lowest BCUT2D eigenvalue weighted by atomic mass is 10.0. The summed E-state index contributed by atoms with van der Waals surface area (Å²) >= 11 is 3.43. The Hall–Kier alpha value is -3.24. The fourth-order valence-electron chi connectivity index (χ4n) is 4.24. The minimum atomic E-state index is -3.66. The highest BCUT2D eigenvalue weighted by molar-refractivity contribution is 9.10. The molecule has 0 fully saturated rings. The van der Waals surface area contributed by atoms with Crippen molar-refractivity contribution < 1.29 is 22.4 Å². The van der Waals surface area contributed by atoms with Crippen LogP contribution in [-0.2, 0) is 32.6 Å². The molecule has 3 aromatic rings. The first kappa shape index (κ1) is 30.3. The topological polar surface area (TPSA) is 86.8 Å². The van der Waals surface area contributed by atoms with E-state index >= 15 is 0 Å². The lowest BCUT2D eigenvalue weighted by Crippen LogP contribution is -2.50. The molecule has 1 N–H and O–H groups in total. The van der Waals surface area contributed by atoms with E-state index in [0.29, 0.717) is 18.7 Å². The number of amides is 2. The number of nitrogens with zero attached hydrogens (tertiary/aromatic N) is 2. The molecule has 0 unspecified atom stereocenters. The zero-order valence-corrected chi connectivity index (χ0v) is 24.4. The molecule has 0 saturated carbocycles. The highest BCUT2D eigenvalue weighted by atomic mass is 79.9. The van der Waals surface area contributed by atoms with Crippen LogP contribution in [0.4, 0.5) is 10.1 Å². The van der Waals surface area contributed by atoms with Crippen LogP contribution in [0.1, 0.15) is 30.9 Å². The van der Waals surface area contributed by atoms with Gasteiger partial charge in [0.15, 0.2) is 0 Å². The van der Waals surface area contributed by atoms with Crippen LogP contribution in [0.15, 0.2) is 83.3 Å². The molecule has 208 valence electrons. The van der Waals surface area contributed by atoms with Gasteiger partial charge < -0.3 is 10.2 Å². The number of carbonyl (C=O) groups excluding carboxylic acids is 2. The van der Waals surface area contributed by atoms with E-state index in [2.05, 4.69) is 21.2 Å². The molecule has 10 heteroatoms. The predicted molar refractivity (Wildman–Crippen MR) is 155 cm³/mol. The number of hydrogen-bond donors (Lipinski definition) is 1. The Morgan fingerprint density at radius 2 is 1.59 bits per heavy atom. The molecule has 2 amide bonds. The van der Waals surface area contributed by atoms with Gasteiger partial charge in [0, 0.05) is 36.9 Å². The van der Waals surface area contributed by atoms with Crippen LogP contribution >= 0.6 is 15.9 Å². The molecule has 0 aliphatic carbocycles. The van der Waals surface area contributed by atoms with Gasteiger partial charge in [-0.15, -0.1) is 0 Å². The molecular weight excluding hydrogens is 585 g/mol. The van der Waals surface area contributed by atoms with Crippen molar-refractivity contribution in [2.75, 3.05) is 23.7 Å². The first-order chi connectivity index (χ1) is 18.6. The molecule has 0 aliphatic heterocycles. The minimum absolute atomic E-state index is 0.0223. The van der Waals surface area contributed by atoms with E-state index in [0.717, 1.165) is 26.2 Å². The van der Waals surface area contributed by atoms with Crippen molar-refractivity contribution in [2.45, 2.75) is 38.8 Å². The molecule has 0 spiro atoms. The summed E-state index contributed by atoms with van der Waals surface area (Å²) in [5.74, 6) is -0.991. The van der Waals surface area contributed by atoms with E-state index in [1.165, 1.54) is 24.3 Å². The van der Waals surface area contributed by atoms with Gasteiger partial charge in [-0.2, -0.15) is 0 Å². The van der Waals surface area contributed by atoms with Crippen molar-refractivity contribution in [1.82, 2.24) is 10.2 Å². The molecule has 0 heterocycles. The smallest absolute Gasteiger partial charge is 0.243 e. The second-order valence-corrected chi connectivity index (χ2v) is 12.0. The highest BCUT2D eigenvalue weighted by Gasteiger charge is 2.30. The van der Waals surface area contributed by atoms with E-state index < -0.39 is 21.9 Å². The van der Waals surface area contributed by atoms with Gasteiger partial charge in [0.25, 0.3) is 0 Å². The second kappa shape index (κ2) is 14.2. The van der Waals surface area contributed by atoms with Gasteiger partial charge in [-0.25, -0.2) is 12.8 Å². The Kier molecular flexibility index (Phi) is 11.1. The highest BCUT2D eigenvalue weighted by Crippen LogP contribution is 2.21. The van der Waals surface area contributed by atoms with Gasteiger partial charge in [0.2, 0.25) is 21.8 Å². The van der Waals surface area contributed by atoms with E-state index in [9.17, 15) is 22.4 Å². The third kappa shape index (κ3) is 9.18. The van der Waals surface area contributed by atoms with Crippen molar-refractivity contribution >= 4 is 43.5 Å².